The zero-order valence-electron chi connectivity index (χ0n) is 9.56. The molecule has 0 spiro atoms. The van der Waals surface area contributed by atoms with Crippen molar-refractivity contribution in [2.24, 2.45) is 0 Å². The molecule has 3 rings (SSSR count). The highest BCUT2D eigenvalue weighted by Gasteiger charge is 2.33. The van der Waals surface area contributed by atoms with E-state index in [1.807, 2.05) is 6.20 Å². The Labute approximate surface area is 96.0 Å². The topological polar surface area (TPSA) is 41.3 Å². The van der Waals surface area contributed by atoms with Crippen LogP contribution in [-0.4, -0.2) is 35.2 Å². The molecule has 0 amide bonds. The van der Waals surface area contributed by atoms with Gasteiger partial charge in [-0.2, -0.15) is 0 Å². The van der Waals surface area contributed by atoms with Gasteiger partial charge in [-0.1, -0.05) is 5.16 Å². The largest absolute Gasteiger partial charge is 0.364 e. The fourth-order valence-corrected chi connectivity index (χ4v) is 3.08. The predicted molar refractivity (Wildman–Crippen MR) is 61.0 cm³/mol. The third-order valence-electron chi connectivity index (χ3n) is 3.85. The number of hydrogen-bond donors (Lipinski definition) is 1. The molecule has 1 aromatic heterocycles. The molecule has 4 nitrogen and oxygen atoms in total. The first kappa shape index (κ1) is 10.3. The Morgan fingerprint density at radius 3 is 3.19 bits per heavy atom. The van der Waals surface area contributed by atoms with Crippen LogP contribution in [0.1, 0.15) is 31.2 Å². The lowest BCUT2D eigenvalue weighted by molar-refractivity contribution is 0.206. The summed E-state index contributed by atoms with van der Waals surface area (Å²) in [5, 5.41) is 7.40. The first-order chi connectivity index (χ1) is 7.93. The van der Waals surface area contributed by atoms with Crippen molar-refractivity contribution in [2.45, 2.75) is 44.3 Å². The minimum absolute atomic E-state index is 0.711. The van der Waals surface area contributed by atoms with Crippen LogP contribution in [0.2, 0.25) is 0 Å². The Morgan fingerprint density at radius 1 is 1.44 bits per heavy atom. The average Bonchev–Trinajstić information content (AvgIpc) is 2.98. The van der Waals surface area contributed by atoms with Crippen molar-refractivity contribution in [3.8, 4) is 0 Å². The lowest BCUT2D eigenvalue weighted by Crippen LogP contribution is -2.43. The van der Waals surface area contributed by atoms with Crippen molar-refractivity contribution >= 4 is 0 Å². The maximum absolute atomic E-state index is 4.89. The molecule has 2 unspecified atom stereocenters. The smallest absolute Gasteiger partial charge is 0.128 e. The van der Waals surface area contributed by atoms with E-state index < -0.39 is 0 Å². The molecule has 0 aliphatic carbocycles. The van der Waals surface area contributed by atoms with Crippen LogP contribution in [0.3, 0.4) is 0 Å². The van der Waals surface area contributed by atoms with Crippen LogP contribution in [0.5, 0.6) is 0 Å². The SMILES string of the molecule is c1nocc1CN1CCCC1C1CCCN1. The number of rotatable bonds is 3. The second-order valence-corrected chi connectivity index (χ2v) is 4.92. The molecule has 2 aliphatic heterocycles. The van der Waals surface area contributed by atoms with E-state index in [2.05, 4.69) is 15.4 Å². The van der Waals surface area contributed by atoms with E-state index in [1.165, 1.54) is 44.3 Å². The molecule has 0 saturated carbocycles. The summed E-state index contributed by atoms with van der Waals surface area (Å²) in [5.74, 6) is 0. The first-order valence-electron chi connectivity index (χ1n) is 6.29. The van der Waals surface area contributed by atoms with E-state index in [-0.39, 0.29) is 0 Å². The Balaban J connectivity index is 1.64. The average molecular weight is 221 g/mol. The highest BCUT2D eigenvalue weighted by atomic mass is 16.5. The van der Waals surface area contributed by atoms with Crippen LogP contribution in [-0.2, 0) is 6.54 Å². The molecule has 16 heavy (non-hydrogen) atoms. The summed E-state index contributed by atoms with van der Waals surface area (Å²) >= 11 is 0. The van der Waals surface area contributed by atoms with Gasteiger partial charge in [0.15, 0.2) is 0 Å². The van der Waals surface area contributed by atoms with Gasteiger partial charge in [-0.05, 0) is 38.8 Å². The van der Waals surface area contributed by atoms with Gasteiger partial charge in [0.05, 0.1) is 6.20 Å². The van der Waals surface area contributed by atoms with Crippen molar-refractivity contribution in [3.05, 3.63) is 18.0 Å². The lowest BCUT2D eigenvalue weighted by atomic mass is 10.0. The number of hydrogen-bond acceptors (Lipinski definition) is 4. The summed E-state index contributed by atoms with van der Waals surface area (Å²) in [6, 6.07) is 1.43. The van der Waals surface area contributed by atoms with Gasteiger partial charge in [0, 0.05) is 24.2 Å². The molecule has 0 radical (unpaired) electrons. The summed E-state index contributed by atoms with van der Waals surface area (Å²) in [6.07, 6.45) is 8.93. The van der Waals surface area contributed by atoms with Crippen molar-refractivity contribution in [1.29, 1.82) is 0 Å². The summed E-state index contributed by atoms with van der Waals surface area (Å²) < 4.78 is 4.89. The quantitative estimate of drug-likeness (QED) is 0.837. The highest BCUT2D eigenvalue weighted by Crippen LogP contribution is 2.26. The maximum atomic E-state index is 4.89. The van der Waals surface area contributed by atoms with Crippen LogP contribution in [0.25, 0.3) is 0 Å². The third kappa shape index (κ3) is 1.99. The number of nitrogens with zero attached hydrogens (tertiary/aromatic N) is 2. The second-order valence-electron chi connectivity index (χ2n) is 4.92. The van der Waals surface area contributed by atoms with Gasteiger partial charge in [-0.25, -0.2) is 0 Å². The van der Waals surface area contributed by atoms with E-state index in [1.54, 1.807) is 6.26 Å². The van der Waals surface area contributed by atoms with Gasteiger partial charge in [-0.15, -0.1) is 0 Å². The summed E-state index contributed by atoms with van der Waals surface area (Å²) in [6.45, 7) is 3.41. The molecule has 2 aliphatic rings. The molecule has 1 N–H and O–H groups in total. The molecule has 2 fully saturated rings. The first-order valence-corrected chi connectivity index (χ1v) is 6.29. The monoisotopic (exact) mass is 221 g/mol. The standard InChI is InChI=1S/C12H19N3O/c1-3-11(13-5-1)12-4-2-6-15(12)8-10-7-14-16-9-10/h7,9,11-13H,1-6,8H2. The normalized spacial score (nSPS) is 31.2. The van der Waals surface area contributed by atoms with Gasteiger partial charge >= 0.3 is 0 Å². The molecule has 2 atom stereocenters. The Morgan fingerprint density at radius 2 is 2.44 bits per heavy atom. The molecule has 88 valence electrons. The molecular formula is C12H19N3O. The zero-order valence-corrected chi connectivity index (χ0v) is 9.56. The predicted octanol–water partition coefficient (Wildman–Crippen LogP) is 1.39. The molecule has 0 bridgehead atoms. The minimum atomic E-state index is 0.711. The number of nitrogens with one attached hydrogen (secondary N) is 1. The molecule has 0 aromatic carbocycles. The van der Waals surface area contributed by atoms with E-state index in [9.17, 15) is 0 Å². The van der Waals surface area contributed by atoms with Gasteiger partial charge in [-0.3, -0.25) is 4.90 Å². The summed E-state index contributed by atoms with van der Waals surface area (Å²) in [5.41, 5.74) is 1.20. The Hall–Kier alpha value is -0.870. The molecule has 2 saturated heterocycles. The fourth-order valence-electron chi connectivity index (χ4n) is 3.08. The summed E-state index contributed by atoms with van der Waals surface area (Å²) in [4.78, 5) is 2.58. The maximum Gasteiger partial charge on any atom is 0.128 e. The molecule has 1 aromatic rings. The molecule has 4 heteroatoms. The van der Waals surface area contributed by atoms with Crippen molar-refractivity contribution in [1.82, 2.24) is 15.4 Å². The van der Waals surface area contributed by atoms with Gasteiger partial charge in [0.2, 0.25) is 0 Å². The van der Waals surface area contributed by atoms with Crippen LogP contribution in [0, 0.1) is 0 Å². The molecule has 3 heterocycles. The van der Waals surface area contributed by atoms with Gasteiger partial charge < -0.3 is 9.84 Å². The highest BCUT2D eigenvalue weighted by molar-refractivity contribution is 5.02. The van der Waals surface area contributed by atoms with E-state index in [0.29, 0.717) is 6.04 Å². The van der Waals surface area contributed by atoms with Crippen LogP contribution in [0.4, 0.5) is 0 Å². The van der Waals surface area contributed by atoms with Crippen LogP contribution >= 0.6 is 0 Å². The van der Waals surface area contributed by atoms with Gasteiger partial charge in [0.25, 0.3) is 0 Å². The van der Waals surface area contributed by atoms with E-state index in [0.717, 1.165) is 12.6 Å². The third-order valence-corrected chi connectivity index (χ3v) is 3.85. The van der Waals surface area contributed by atoms with E-state index >= 15 is 0 Å². The Bertz CT molecular complexity index is 319. The summed E-state index contributed by atoms with van der Waals surface area (Å²) in [7, 11) is 0. The van der Waals surface area contributed by atoms with Crippen LogP contribution < -0.4 is 5.32 Å². The van der Waals surface area contributed by atoms with Crippen molar-refractivity contribution in [3.63, 3.8) is 0 Å². The van der Waals surface area contributed by atoms with Crippen molar-refractivity contribution in [2.75, 3.05) is 13.1 Å². The van der Waals surface area contributed by atoms with Gasteiger partial charge in [0.1, 0.15) is 6.26 Å². The second kappa shape index (κ2) is 4.55. The Kier molecular flexibility index (Phi) is 2.93. The zero-order chi connectivity index (χ0) is 10.8. The number of aromatic nitrogens is 1. The fraction of sp³-hybridized carbons (Fsp3) is 0.750. The van der Waals surface area contributed by atoms with E-state index in [4.69, 9.17) is 4.52 Å². The molecular weight excluding hydrogens is 202 g/mol. The van der Waals surface area contributed by atoms with Crippen molar-refractivity contribution < 1.29 is 4.52 Å². The van der Waals surface area contributed by atoms with Crippen LogP contribution in [0.15, 0.2) is 17.0 Å². The minimum Gasteiger partial charge on any atom is -0.364 e. The number of likely N-dealkylation sites (tertiary alicyclic amines) is 1. The lowest BCUT2D eigenvalue weighted by Gasteiger charge is -2.28.